The number of hydrogen-bond donors (Lipinski definition) is 3. The molecular formula is C9H11N3O. The van der Waals surface area contributed by atoms with Gasteiger partial charge in [-0.05, 0) is 18.1 Å². The van der Waals surface area contributed by atoms with Gasteiger partial charge in [0.25, 0.3) is 0 Å². The van der Waals surface area contributed by atoms with E-state index >= 15 is 0 Å². The monoisotopic (exact) mass is 177 g/mol. The number of nitrogens with two attached hydrogens (primary N) is 3. The van der Waals surface area contributed by atoms with Crippen molar-refractivity contribution in [2.45, 2.75) is 12.8 Å². The number of Topliss-reactive ketones (excluding diaryl/α,β-unsaturated/α-hetero) is 1. The average molecular weight is 177 g/mol. The molecule has 0 amide bonds. The van der Waals surface area contributed by atoms with Gasteiger partial charge < -0.3 is 17.2 Å². The Kier molecular flexibility index (Phi) is 1.45. The predicted octanol–water partition coefficient (Wildman–Crippen LogP) is 0.562. The molecule has 0 aromatic heterocycles. The first-order chi connectivity index (χ1) is 6.11. The third kappa shape index (κ3) is 0.950. The lowest BCUT2D eigenvalue weighted by molar-refractivity contribution is 0.0994. The van der Waals surface area contributed by atoms with E-state index in [1.807, 2.05) is 0 Å². The normalized spacial score (nSPS) is 14.6. The lowest BCUT2D eigenvalue weighted by atomic mass is 10.1. The van der Waals surface area contributed by atoms with Crippen LogP contribution in [-0.4, -0.2) is 5.78 Å². The molecule has 13 heavy (non-hydrogen) atoms. The highest BCUT2D eigenvalue weighted by Gasteiger charge is 2.23. The Hall–Kier alpha value is -1.71. The lowest BCUT2D eigenvalue weighted by Gasteiger charge is -2.08. The number of rotatable bonds is 0. The maximum Gasteiger partial charge on any atom is 0.163 e. The molecule has 1 aliphatic rings. The number of ketones is 1. The van der Waals surface area contributed by atoms with Gasteiger partial charge >= 0.3 is 0 Å². The fourth-order valence-electron chi connectivity index (χ4n) is 1.67. The summed E-state index contributed by atoms with van der Waals surface area (Å²) in [6.07, 6.45) is 1.20. The number of nitrogen functional groups attached to an aromatic ring is 3. The number of carbonyl (C=O) groups is 1. The second kappa shape index (κ2) is 2.39. The van der Waals surface area contributed by atoms with Crippen molar-refractivity contribution in [3.63, 3.8) is 0 Å². The van der Waals surface area contributed by atoms with Crippen molar-refractivity contribution in [2.24, 2.45) is 0 Å². The van der Waals surface area contributed by atoms with Crippen LogP contribution in [0.3, 0.4) is 0 Å². The predicted molar refractivity (Wildman–Crippen MR) is 52.3 cm³/mol. The quantitative estimate of drug-likeness (QED) is 0.504. The Bertz CT molecular complexity index is 398. The van der Waals surface area contributed by atoms with E-state index in [1.165, 1.54) is 0 Å². The molecule has 0 saturated carbocycles. The molecule has 0 aliphatic heterocycles. The fraction of sp³-hybridized carbons (Fsp3) is 0.222. The Morgan fingerprint density at radius 3 is 2.46 bits per heavy atom. The van der Waals surface area contributed by atoms with Crippen LogP contribution in [0.1, 0.15) is 22.3 Å². The smallest absolute Gasteiger partial charge is 0.163 e. The highest BCUT2D eigenvalue weighted by molar-refractivity contribution is 6.05. The van der Waals surface area contributed by atoms with E-state index in [0.717, 1.165) is 5.56 Å². The minimum absolute atomic E-state index is 0.105. The lowest BCUT2D eigenvalue weighted by Crippen LogP contribution is -2.05. The molecule has 0 fully saturated rings. The van der Waals surface area contributed by atoms with E-state index in [4.69, 9.17) is 17.2 Å². The Labute approximate surface area is 75.7 Å². The second-order valence-corrected chi connectivity index (χ2v) is 3.24. The van der Waals surface area contributed by atoms with E-state index < -0.39 is 0 Å². The topological polar surface area (TPSA) is 95.1 Å². The molecule has 0 atom stereocenters. The summed E-state index contributed by atoms with van der Waals surface area (Å²) in [6.45, 7) is 0. The van der Waals surface area contributed by atoms with Crippen LogP contribution in [-0.2, 0) is 6.42 Å². The van der Waals surface area contributed by atoms with Crippen molar-refractivity contribution in [1.29, 1.82) is 0 Å². The molecule has 1 aromatic rings. The van der Waals surface area contributed by atoms with Crippen LogP contribution in [0, 0.1) is 0 Å². The van der Waals surface area contributed by atoms with Gasteiger partial charge in [-0.3, -0.25) is 4.79 Å². The molecule has 0 unspecified atom stereocenters. The zero-order chi connectivity index (χ0) is 9.59. The van der Waals surface area contributed by atoms with Crippen molar-refractivity contribution in [3.8, 4) is 0 Å². The van der Waals surface area contributed by atoms with Crippen LogP contribution < -0.4 is 17.2 Å². The van der Waals surface area contributed by atoms with E-state index in [1.54, 1.807) is 6.07 Å². The van der Waals surface area contributed by atoms with Crippen LogP contribution in [0.4, 0.5) is 17.1 Å². The molecule has 2 rings (SSSR count). The van der Waals surface area contributed by atoms with E-state index in [2.05, 4.69) is 0 Å². The molecular weight excluding hydrogens is 166 g/mol. The first-order valence-corrected chi connectivity index (χ1v) is 4.10. The third-order valence-electron chi connectivity index (χ3n) is 2.45. The molecule has 4 nitrogen and oxygen atoms in total. The summed E-state index contributed by atoms with van der Waals surface area (Å²) in [4.78, 5) is 11.3. The Morgan fingerprint density at radius 1 is 1.08 bits per heavy atom. The zero-order valence-electron chi connectivity index (χ0n) is 7.13. The Morgan fingerprint density at radius 2 is 1.77 bits per heavy atom. The summed E-state index contributed by atoms with van der Waals surface area (Å²) in [5, 5.41) is 0. The highest BCUT2D eigenvalue weighted by atomic mass is 16.1. The first-order valence-electron chi connectivity index (χ1n) is 4.10. The first kappa shape index (κ1) is 7.91. The van der Waals surface area contributed by atoms with E-state index in [9.17, 15) is 4.79 Å². The van der Waals surface area contributed by atoms with Gasteiger partial charge in [-0.1, -0.05) is 0 Å². The maximum atomic E-state index is 11.3. The molecule has 1 aromatic carbocycles. The summed E-state index contributed by atoms with van der Waals surface area (Å²) in [5.41, 5.74) is 19.7. The van der Waals surface area contributed by atoms with Crippen LogP contribution in [0.5, 0.6) is 0 Å². The van der Waals surface area contributed by atoms with E-state index in [-0.39, 0.29) is 5.78 Å². The maximum absolute atomic E-state index is 11.3. The van der Waals surface area contributed by atoms with Gasteiger partial charge in [0, 0.05) is 12.0 Å². The third-order valence-corrected chi connectivity index (χ3v) is 2.45. The van der Waals surface area contributed by atoms with Crippen LogP contribution in [0.15, 0.2) is 6.07 Å². The van der Waals surface area contributed by atoms with Crippen LogP contribution >= 0.6 is 0 Å². The molecule has 0 saturated heterocycles. The summed E-state index contributed by atoms with van der Waals surface area (Å²) in [6, 6.07) is 1.62. The number of benzene rings is 1. The SMILES string of the molecule is Nc1cc2c(c(N)c1N)CCC2=O. The van der Waals surface area contributed by atoms with Gasteiger partial charge in [0.15, 0.2) is 5.78 Å². The molecule has 68 valence electrons. The van der Waals surface area contributed by atoms with Crippen LogP contribution in [0.2, 0.25) is 0 Å². The number of fused-ring (bicyclic) bond motifs is 1. The molecule has 0 spiro atoms. The second-order valence-electron chi connectivity index (χ2n) is 3.24. The Balaban J connectivity index is 2.74. The van der Waals surface area contributed by atoms with Crippen LogP contribution in [0.25, 0.3) is 0 Å². The highest BCUT2D eigenvalue weighted by Crippen LogP contribution is 2.35. The number of carbonyl (C=O) groups excluding carboxylic acids is 1. The molecule has 0 heterocycles. The molecule has 1 aliphatic carbocycles. The van der Waals surface area contributed by atoms with Gasteiger partial charge in [0.1, 0.15) is 0 Å². The summed E-state index contributed by atoms with van der Waals surface area (Å²) in [5.74, 6) is 0.105. The van der Waals surface area contributed by atoms with Gasteiger partial charge in [-0.2, -0.15) is 0 Å². The molecule has 0 bridgehead atoms. The zero-order valence-corrected chi connectivity index (χ0v) is 7.13. The van der Waals surface area contributed by atoms with Gasteiger partial charge in [-0.15, -0.1) is 0 Å². The van der Waals surface area contributed by atoms with E-state index in [0.29, 0.717) is 35.5 Å². The largest absolute Gasteiger partial charge is 0.397 e. The molecule has 6 N–H and O–H groups in total. The number of hydrogen-bond acceptors (Lipinski definition) is 4. The number of anilines is 3. The summed E-state index contributed by atoms with van der Waals surface area (Å²) in [7, 11) is 0. The fourth-order valence-corrected chi connectivity index (χ4v) is 1.67. The van der Waals surface area contributed by atoms with Crippen molar-refractivity contribution >= 4 is 22.8 Å². The minimum Gasteiger partial charge on any atom is -0.397 e. The van der Waals surface area contributed by atoms with Crippen molar-refractivity contribution in [2.75, 3.05) is 17.2 Å². The van der Waals surface area contributed by atoms with Gasteiger partial charge in [0.2, 0.25) is 0 Å². The summed E-state index contributed by atoms with van der Waals surface area (Å²) >= 11 is 0. The average Bonchev–Trinajstić information content (AvgIpc) is 2.45. The minimum atomic E-state index is 0.105. The van der Waals surface area contributed by atoms with Crippen molar-refractivity contribution in [3.05, 3.63) is 17.2 Å². The van der Waals surface area contributed by atoms with Gasteiger partial charge in [-0.25, -0.2) is 0 Å². The van der Waals surface area contributed by atoms with Gasteiger partial charge in [0.05, 0.1) is 17.1 Å². The summed E-state index contributed by atoms with van der Waals surface area (Å²) < 4.78 is 0. The van der Waals surface area contributed by atoms with Crippen molar-refractivity contribution < 1.29 is 4.79 Å². The van der Waals surface area contributed by atoms with Crippen molar-refractivity contribution in [1.82, 2.24) is 0 Å². The molecule has 0 radical (unpaired) electrons. The standard InChI is InChI=1S/C9H11N3O/c10-6-3-5-4(1-2-7(5)13)8(11)9(6)12/h3H,1-2,10-12H2. The molecule has 4 heteroatoms.